The van der Waals surface area contributed by atoms with Crippen LogP contribution in [-0.4, -0.2) is 23.1 Å². The fourth-order valence-corrected chi connectivity index (χ4v) is 1.73. The van der Waals surface area contributed by atoms with Crippen LogP contribution in [0.15, 0.2) is 17.2 Å². The molecule has 0 aliphatic heterocycles. The maximum Gasteiger partial charge on any atom is 0.290 e. The molecular weight excluding hydrogens is 190 g/mol. The van der Waals surface area contributed by atoms with E-state index in [4.69, 9.17) is 0 Å². The Kier molecular flexibility index (Phi) is 3.04. The number of nitrogens with one attached hydrogen (secondary N) is 1. The zero-order valence-corrected chi connectivity index (χ0v) is 9.07. The molecule has 82 valence electrons. The maximum atomic E-state index is 11.6. The Morgan fingerprint density at radius 1 is 1.60 bits per heavy atom. The van der Waals surface area contributed by atoms with E-state index in [-0.39, 0.29) is 5.56 Å². The zero-order valence-electron chi connectivity index (χ0n) is 9.07. The predicted octanol–water partition coefficient (Wildman–Crippen LogP) is 1.40. The molecule has 4 heteroatoms. The summed E-state index contributed by atoms with van der Waals surface area (Å²) >= 11 is 0. The molecule has 1 N–H and O–H groups in total. The molecule has 1 aliphatic carbocycles. The van der Waals surface area contributed by atoms with Gasteiger partial charge in [-0.2, -0.15) is 0 Å². The number of H-pyrrole nitrogens is 1. The van der Waals surface area contributed by atoms with Crippen LogP contribution in [0, 0.1) is 5.92 Å². The second kappa shape index (κ2) is 4.47. The van der Waals surface area contributed by atoms with E-state index in [1.165, 1.54) is 12.8 Å². The standard InChI is InChI=1S/C11H17N3O/c1-2-7-14(8-9-3-4-9)10-11(15)13-6-5-12-10/h5-6,9H,2-4,7-8H2,1H3,(H,13,15). The first kappa shape index (κ1) is 10.2. The summed E-state index contributed by atoms with van der Waals surface area (Å²) in [5, 5.41) is 0. The highest BCUT2D eigenvalue weighted by Crippen LogP contribution is 2.30. The highest BCUT2D eigenvalue weighted by atomic mass is 16.1. The molecule has 0 saturated heterocycles. The van der Waals surface area contributed by atoms with E-state index >= 15 is 0 Å². The first-order valence-electron chi connectivity index (χ1n) is 5.60. The van der Waals surface area contributed by atoms with E-state index < -0.39 is 0 Å². The van der Waals surface area contributed by atoms with Gasteiger partial charge in [-0.1, -0.05) is 6.92 Å². The summed E-state index contributed by atoms with van der Waals surface area (Å²) in [6.45, 7) is 4.02. The predicted molar refractivity (Wildman–Crippen MR) is 60.1 cm³/mol. The third-order valence-corrected chi connectivity index (χ3v) is 2.66. The van der Waals surface area contributed by atoms with Crippen molar-refractivity contribution in [1.82, 2.24) is 9.97 Å². The highest BCUT2D eigenvalue weighted by Gasteiger charge is 2.25. The van der Waals surface area contributed by atoms with E-state index in [9.17, 15) is 4.79 Å². The molecule has 1 aromatic rings. The quantitative estimate of drug-likeness (QED) is 0.794. The lowest BCUT2D eigenvalue weighted by molar-refractivity contribution is 0.694. The molecule has 0 atom stereocenters. The topological polar surface area (TPSA) is 49.0 Å². The lowest BCUT2D eigenvalue weighted by Gasteiger charge is -2.21. The molecule has 2 rings (SSSR count). The number of aromatic nitrogens is 2. The van der Waals surface area contributed by atoms with Crippen molar-refractivity contribution in [3.05, 3.63) is 22.7 Å². The van der Waals surface area contributed by atoms with Crippen LogP contribution in [0.3, 0.4) is 0 Å². The molecule has 0 bridgehead atoms. The number of hydrogen-bond acceptors (Lipinski definition) is 3. The van der Waals surface area contributed by atoms with Crippen LogP contribution in [0.1, 0.15) is 26.2 Å². The van der Waals surface area contributed by atoms with Gasteiger partial charge >= 0.3 is 0 Å². The summed E-state index contributed by atoms with van der Waals surface area (Å²) < 4.78 is 0. The van der Waals surface area contributed by atoms with Gasteiger partial charge in [-0.25, -0.2) is 4.98 Å². The van der Waals surface area contributed by atoms with Crippen molar-refractivity contribution in [1.29, 1.82) is 0 Å². The number of anilines is 1. The fraction of sp³-hybridized carbons (Fsp3) is 0.636. The van der Waals surface area contributed by atoms with E-state index in [0.29, 0.717) is 5.82 Å². The zero-order chi connectivity index (χ0) is 10.7. The van der Waals surface area contributed by atoms with Gasteiger partial charge in [0.1, 0.15) is 0 Å². The first-order chi connectivity index (χ1) is 7.31. The van der Waals surface area contributed by atoms with Gasteiger partial charge in [0.25, 0.3) is 5.56 Å². The van der Waals surface area contributed by atoms with Crippen molar-refractivity contribution in [2.24, 2.45) is 5.92 Å². The molecule has 1 aromatic heterocycles. The Morgan fingerprint density at radius 3 is 3.00 bits per heavy atom. The number of hydrogen-bond donors (Lipinski definition) is 1. The number of rotatable bonds is 5. The highest BCUT2D eigenvalue weighted by molar-refractivity contribution is 5.35. The molecule has 1 saturated carbocycles. The van der Waals surface area contributed by atoms with E-state index in [1.54, 1.807) is 12.4 Å². The average molecular weight is 207 g/mol. The SMILES string of the molecule is CCCN(CC1CC1)c1ncc[nH]c1=O. The molecule has 15 heavy (non-hydrogen) atoms. The minimum Gasteiger partial charge on any atom is -0.352 e. The molecule has 0 spiro atoms. The molecular formula is C11H17N3O. The molecule has 0 amide bonds. The largest absolute Gasteiger partial charge is 0.352 e. The van der Waals surface area contributed by atoms with Crippen LogP contribution < -0.4 is 10.5 Å². The Labute approximate surface area is 89.3 Å². The monoisotopic (exact) mass is 207 g/mol. The Morgan fingerprint density at radius 2 is 2.40 bits per heavy atom. The maximum absolute atomic E-state index is 11.6. The molecule has 4 nitrogen and oxygen atoms in total. The minimum atomic E-state index is -0.0772. The van der Waals surface area contributed by atoms with Crippen molar-refractivity contribution in [2.45, 2.75) is 26.2 Å². The summed E-state index contributed by atoms with van der Waals surface area (Å²) in [4.78, 5) is 20.5. The van der Waals surface area contributed by atoms with Crippen molar-refractivity contribution >= 4 is 5.82 Å². The molecule has 0 unspecified atom stereocenters. The lowest BCUT2D eigenvalue weighted by Crippen LogP contribution is -2.32. The van der Waals surface area contributed by atoms with Crippen LogP contribution in [0.4, 0.5) is 5.82 Å². The van der Waals surface area contributed by atoms with Gasteiger partial charge in [-0.05, 0) is 25.2 Å². The first-order valence-corrected chi connectivity index (χ1v) is 5.60. The van der Waals surface area contributed by atoms with Gasteiger partial charge in [-0.3, -0.25) is 4.79 Å². The van der Waals surface area contributed by atoms with Crippen LogP contribution >= 0.6 is 0 Å². The van der Waals surface area contributed by atoms with Gasteiger partial charge in [0, 0.05) is 25.5 Å². The summed E-state index contributed by atoms with van der Waals surface area (Å²) in [6, 6.07) is 0. The fourth-order valence-electron chi connectivity index (χ4n) is 1.73. The molecule has 0 radical (unpaired) electrons. The lowest BCUT2D eigenvalue weighted by atomic mass is 10.3. The Balaban J connectivity index is 2.15. The summed E-state index contributed by atoms with van der Waals surface area (Å²) in [7, 11) is 0. The number of aromatic amines is 1. The Hall–Kier alpha value is -1.32. The molecule has 1 aliphatic rings. The molecule has 1 heterocycles. The average Bonchev–Trinajstić information content (AvgIpc) is 3.02. The van der Waals surface area contributed by atoms with Crippen molar-refractivity contribution in [3.8, 4) is 0 Å². The summed E-state index contributed by atoms with van der Waals surface area (Å²) in [5.41, 5.74) is -0.0772. The smallest absolute Gasteiger partial charge is 0.290 e. The third-order valence-electron chi connectivity index (χ3n) is 2.66. The second-order valence-corrected chi connectivity index (χ2v) is 4.13. The van der Waals surface area contributed by atoms with Crippen molar-refractivity contribution in [2.75, 3.05) is 18.0 Å². The van der Waals surface area contributed by atoms with Crippen LogP contribution in [0.5, 0.6) is 0 Å². The molecule has 0 aromatic carbocycles. The Bertz CT molecular complexity index is 370. The van der Waals surface area contributed by atoms with E-state index in [2.05, 4.69) is 21.8 Å². The van der Waals surface area contributed by atoms with E-state index in [1.807, 2.05) is 0 Å². The number of nitrogens with zero attached hydrogens (tertiary/aromatic N) is 2. The van der Waals surface area contributed by atoms with Gasteiger partial charge in [-0.15, -0.1) is 0 Å². The van der Waals surface area contributed by atoms with Gasteiger partial charge in [0.15, 0.2) is 5.82 Å². The summed E-state index contributed by atoms with van der Waals surface area (Å²) in [5.74, 6) is 1.35. The van der Waals surface area contributed by atoms with Crippen molar-refractivity contribution in [3.63, 3.8) is 0 Å². The van der Waals surface area contributed by atoms with Crippen molar-refractivity contribution < 1.29 is 0 Å². The second-order valence-electron chi connectivity index (χ2n) is 4.13. The van der Waals surface area contributed by atoms with Gasteiger partial charge in [0.05, 0.1) is 0 Å². The normalized spacial score (nSPS) is 15.3. The molecule has 1 fully saturated rings. The van der Waals surface area contributed by atoms with Crippen LogP contribution in [0.25, 0.3) is 0 Å². The van der Waals surface area contributed by atoms with Crippen LogP contribution in [-0.2, 0) is 0 Å². The van der Waals surface area contributed by atoms with Gasteiger partial charge in [0.2, 0.25) is 0 Å². The summed E-state index contributed by atoms with van der Waals surface area (Å²) in [6.07, 6.45) is 6.86. The minimum absolute atomic E-state index is 0.0772. The van der Waals surface area contributed by atoms with Crippen LogP contribution in [0.2, 0.25) is 0 Å². The van der Waals surface area contributed by atoms with E-state index in [0.717, 1.165) is 25.4 Å². The third kappa shape index (κ3) is 2.58. The van der Waals surface area contributed by atoms with Gasteiger partial charge < -0.3 is 9.88 Å².